The fourth-order valence-electron chi connectivity index (χ4n) is 2.33. The summed E-state index contributed by atoms with van der Waals surface area (Å²) < 4.78 is 1.05. The van der Waals surface area contributed by atoms with E-state index < -0.39 is 0 Å². The molecular formula is C13H19BrClNS. The molecule has 0 radical (unpaired) electrons. The molecule has 0 amide bonds. The van der Waals surface area contributed by atoms with E-state index in [-0.39, 0.29) is 0 Å². The maximum Gasteiger partial charge on any atom is 0.0887 e. The fraction of sp³-hybridized carbons (Fsp3) is 0.692. The van der Waals surface area contributed by atoms with E-state index in [1.807, 2.05) is 0 Å². The quantitative estimate of drug-likeness (QED) is 0.774. The van der Waals surface area contributed by atoms with Crippen molar-refractivity contribution in [1.82, 2.24) is 5.32 Å². The molecule has 0 bridgehead atoms. The summed E-state index contributed by atoms with van der Waals surface area (Å²) >= 11 is 11.4. The topological polar surface area (TPSA) is 12.0 Å². The van der Waals surface area contributed by atoms with Gasteiger partial charge in [-0.1, -0.05) is 32.4 Å². The van der Waals surface area contributed by atoms with Gasteiger partial charge in [-0.25, -0.2) is 0 Å². The highest BCUT2D eigenvalue weighted by atomic mass is 79.9. The molecule has 0 aromatic carbocycles. The molecule has 4 heteroatoms. The van der Waals surface area contributed by atoms with E-state index in [0.29, 0.717) is 11.5 Å². The molecule has 1 aliphatic rings. The van der Waals surface area contributed by atoms with Crippen molar-refractivity contribution in [1.29, 1.82) is 0 Å². The molecule has 1 N–H and O–H groups in total. The van der Waals surface area contributed by atoms with E-state index in [1.165, 1.54) is 17.7 Å². The number of halogens is 2. The molecule has 1 saturated carbocycles. The smallest absolute Gasteiger partial charge is 0.0887 e. The predicted molar refractivity (Wildman–Crippen MR) is 80.0 cm³/mol. The van der Waals surface area contributed by atoms with E-state index >= 15 is 0 Å². The first-order chi connectivity index (χ1) is 7.95. The molecule has 1 aliphatic carbocycles. The lowest BCUT2D eigenvalue weighted by atomic mass is 10.0. The molecule has 1 nitrogen and oxygen atoms in total. The zero-order valence-electron chi connectivity index (χ0n) is 10.5. The van der Waals surface area contributed by atoms with Crippen LogP contribution in [0.15, 0.2) is 9.85 Å². The summed E-state index contributed by atoms with van der Waals surface area (Å²) in [7, 11) is 0. The van der Waals surface area contributed by atoms with Crippen molar-refractivity contribution in [3.05, 3.63) is 19.8 Å². The number of thiophene rings is 1. The lowest BCUT2D eigenvalue weighted by Gasteiger charge is -2.18. The summed E-state index contributed by atoms with van der Waals surface area (Å²) in [6, 6.07) is 2.58. The minimum absolute atomic E-state index is 0.471. The molecule has 1 fully saturated rings. The second kappa shape index (κ2) is 5.20. The van der Waals surface area contributed by atoms with Crippen LogP contribution in [-0.4, -0.2) is 6.54 Å². The van der Waals surface area contributed by atoms with Crippen molar-refractivity contribution in [2.75, 3.05) is 6.54 Å². The van der Waals surface area contributed by atoms with E-state index in [0.717, 1.165) is 21.3 Å². The highest BCUT2D eigenvalue weighted by molar-refractivity contribution is 9.11. The molecule has 1 heterocycles. The monoisotopic (exact) mass is 335 g/mol. The minimum Gasteiger partial charge on any atom is -0.309 e. The van der Waals surface area contributed by atoms with Crippen molar-refractivity contribution in [2.45, 2.75) is 39.7 Å². The second-order valence-electron chi connectivity index (χ2n) is 5.50. The van der Waals surface area contributed by atoms with Gasteiger partial charge in [-0.2, -0.15) is 0 Å². The average molecular weight is 337 g/mol. The van der Waals surface area contributed by atoms with Crippen LogP contribution >= 0.6 is 38.9 Å². The Labute approximate surface area is 121 Å². The van der Waals surface area contributed by atoms with Crippen molar-refractivity contribution in [3.8, 4) is 0 Å². The van der Waals surface area contributed by atoms with Crippen LogP contribution in [0.3, 0.4) is 0 Å². The Morgan fingerprint density at radius 3 is 2.71 bits per heavy atom. The third-order valence-electron chi connectivity index (χ3n) is 3.58. The van der Waals surface area contributed by atoms with Gasteiger partial charge in [0.05, 0.1) is 8.81 Å². The summed E-state index contributed by atoms with van der Waals surface area (Å²) in [6.45, 7) is 7.98. The SMILES string of the molecule is CCCNC(c1cc(Cl)c(Br)s1)C1CC1(C)C. The van der Waals surface area contributed by atoms with E-state index in [1.54, 1.807) is 11.3 Å². The lowest BCUT2D eigenvalue weighted by molar-refractivity contribution is 0.421. The van der Waals surface area contributed by atoms with Gasteiger partial charge in [0, 0.05) is 10.9 Å². The first kappa shape index (κ1) is 13.9. The molecule has 0 aliphatic heterocycles. The molecule has 0 saturated heterocycles. The maximum absolute atomic E-state index is 6.14. The van der Waals surface area contributed by atoms with Crippen LogP contribution in [0.25, 0.3) is 0 Å². The highest BCUT2D eigenvalue weighted by Gasteiger charge is 2.50. The van der Waals surface area contributed by atoms with E-state index in [4.69, 9.17) is 11.6 Å². The molecule has 2 unspecified atom stereocenters. The molecule has 2 rings (SSSR count). The van der Waals surface area contributed by atoms with Gasteiger partial charge in [-0.15, -0.1) is 11.3 Å². The third kappa shape index (κ3) is 3.06. The van der Waals surface area contributed by atoms with Crippen LogP contribution in [0.4, 0.5) is 0 Å². The third-order valence-corrected chi connectivity index (χ3v) is 6.13. The number of nitrogens with one attached hydrogen (secondary N) is 1. The minimum atomic E-state index is 0.471. The van der Waals surface area contributed by atoms with Crippen molar-refractivity contribution in [2.24, 2.45) is 11.3 Å². The second-order valence-corrected chi connectivity index (χ2v) is 8.31. The number of rotatable bonds is 5. The van der Waals surface area contributed by atoms with Crippen LogP contribution in [0.5, 0.6) is 0 Å². The van der Waals surface area contributed by atoms with Gasteiger partial charge in [0.2, 0.25) is 0 Å². The zero-order valence-corrected chi connectivity index (χ0v) is 13.7. The van der Waals surface area contributed by atoms with Crippen LogP contribution in [0.1, 0.15) is 44.5 Å². The summed E-state index contributed by atoms with van der Waals surface area (Å²) in [6.07, 6.45) is 2.48. The number of hydrogen-bond acceptors (Lipinski definition) is 2. The van der Waals surface area contributed by atoms with Gasteiger partial charge in [0.1, 0.15) is 0 Å². The normalized spacial score (nSPS) is 23.7. The fourth-order valence-corrected chi connectivity index (χ4v) is 4.22. The summed E-state index contributed by atoms with van der Waals surface area (Å²) in [5, 5.41) is 4.51. The number of hydrogen-bond donors (Lipinski definition) is 1. The molecule has 96 valence electrons. The molecular weight excluding hydrogens is 318 g/mol. The Morgan fingerprint density at radius 2 is 2.29 bits per heavy atom. The Bertz CT molecular complexity index is 383. The molecule has 0 spiro atoms. The Balaban J connectivity index is 2.15. The summed E-state index contributed by atoms with van der Waals surface area (Å²) in [5.74, 6) is 0.746. The van der Waals surface area contributed by atoms with E-state index in [2.05, 4.69) is 48.1 Å². The van der Waals surface area contributed by atoms with Gasteiger partial charge in [0.15, 0.2) is 0 Å². The van der Waals surface area contributed by atoms with Crippen molar-refractivity contribution >= 4 is 38.9 Å². The zero-order chi connectivity index (χ0) is 12.6. The Kier molecular flexibility index (Phi) is 4.24. The van der Waals surface area contributed by atoms with Crippen LogP contribution < -0.4 is 5.32 Å². The largest absolute Gasteiger partial charge is 0.309 e. The van der Waals surface area contributed by atoms with Crippen LogP contribution in [0.2, 0.25) is 5.02 Å². The van der Waals surface area contributed by atoms with Gasteiger partial charge in [-0.3, -0.25) is 0 Å². The van der Waals surface area contributed by atoms with E-state index in [9.17, 15) is 0 Å². The Morgan fingerprint density at radius 1 is 1.65 bits per heavy atom. The van der Waals surface area contributed by atoms with Crippen LogP contribution in [0, 0.1) is 11.3 Å². The van der Waals surface area contributed by atoms with Crippen molar-refractivity contribution < 1.29 is 0 Å². The predicted octanol–water partition coefficient (Wildman–Crippen LogP) is 5.25. The average Bonchev–Trinajstić information content (AvgIpc) is 2.73. The van der Waals surface area contributed by atoms with Crippen LogP contribution in [-0.2, 0) is 0 Å². The van der Waals surface area contributed by atoms with Gasteiger partial charge in [0.25, 0.3) is 0 Å². The maximum atomic E-state index is 6.14. The molecule has 17 heavy (non-hydrogen) atoms. The lowest BCUT2D eigenvalue weighted by Crippen LogP contribution is -2.24. The summed E-state index contributed by atoms with van der Waals surface area (Å²) in [5.41, 5.74) is 0.481. The van der Waals surface area contributed by atoms with Gasteiger partial charge in [-0.05, 0) is 52.7 Å². The molecule has 1 aromatic heterocycles. The summed E-state index contributed by atoms with van der Waals surface area (Å²) in [4.78, 5) is 1.37. The van der Waals surface area contributed by atoms with Crippen molar-refractivity contribution in [3.63, 3.8) is 0 Å². The van der Waals surface area contributed by atoms with Gasteiger partial charge < -0.3 is 5.32 Å². The standard InChI is InChI=1S/C13H19BrClNS/c1-4-5-16-11(8-7-13(8,2)3)10-6-9(15)12(14)17-10/h6,8,11,16H,4-5,7H2,1-3H3. The first-order valence-electron chi connectivity index (χ1n) is 6.14. The van der Waals surface area contributed by atoms with Gasteiger partial charge >= 0.3 is 0 Å². The highest BCUT2D eigenvalue weighted by Crippen LogP contribution is 2.58. The molecule has 1 aromatic rings. The first-order valence-corrected chi connectivity index (χ1v) is 8.12. The molecule has 2 atom stereocenters. The Hall–Kier alpha value is 0.430.